The van der Waals surface area contributed by atoms with E-state index in [4.69, 9.17) is 4.74 Å². The van der Waals surface area contributed by atoms with Gasteiger partial charge >= 0.3 is 5.97 Å². The van der Waals surface area contributed by atoms with E-state index in [2.05, 4.69) is 13.5 Å². The minimum atomic E-state index is -0.517. The molecule has 0 aromatic heterocycles. The molecule has 4 atom stereocenters. The topological polar surface area (TPSA) is 46.5 Å². The van der Waals surface area contributed by atoms with Gasteiger partial charge in [0.1, 0.15) is 6.10 Å². The highest BCUT2D eigenvalue weighted by atomic mass is 16.6. The van der Waals surface area contributed by atoms with Crippen molar-refractivity contribution in [1.82, 2.24) is 0 Å². The number of fused-ring (bicyclic) bond motifs is 3. The summed E-state index contributed by atoms with van der Waals surface area (Å²) in [6.45, 7) is 5.90. The second-order valence-electron chi connectivity index (χ2n) is 5.50. The molecule has 1 N–H and O–H groups in total. The summed E-state index contributed by atoms with van der Waals surface area (Å²) in [5, 5.41) is 10.2. The maximum absolute atomic E-state index is 11.6. The molecule has 3 nitrogen and oxygen atoms in total. The first-order chi connectivity index (χ1) is 8.09. The fourth-order valence-electron chi connectivity index (χ4n) is 3.73. The highest BCUT2D eigenvalue weighted by Gasteiger charge is 2.50. The average molecular weight is 234 g/mol. The van der Waals surface area contributed by atoms with Crippen LogP contribution in [0.5, 0.6) is 0 Å². The lowest BCUT2D eigenvalue weighted by atomic mass is 9.84. The van der Waals surface area contributed by atoms with Crippen molar-refractivity contribution in [3.63, 3.8) is 0 Å². The normalized spacial score (nSPS) is 41.1. The molecule has 1 aliphatic heterocycles. The van der Waals surface area contributed by atoms with E-state index in [-0.39, 0.29) is 18.0 Å². The zero-order valence-electron chi connectivity index (χ0n) is 10.1. The first-order valence-corrected chi connectivity index (χ1v) is 6.36. The Morgan fingerprint density at radius 2 is 2.24 bits per heavy atom. The maximum atomic E-state index is 11.6. The van der Waals surface area contributed by atoms with Crippen molar-refractivity contribution in [3.05, 3.63) is 23.3 Å². The fraction of sp³-hybridized carbons (Fsp3) is 0.643. The minimum Gasteiger partial charge on any atom is -0.458 e. The van der Waals surface area contributed by atoms with Gasteiger partial charge in [0, 0.05) is 11.5 Å². The number of hydrogen-bond acceptors (Lipinski definition) is 3. The molecule has 0 spiro atoms. The molecule has 2 aliphatic carbocycles. The molecule has 92 valence electrons. The molecule has 0 aromatic rings. The smallest absolute Gasteiger partial charge is 0.334 e. The van der Waals surface area contributed by atoms with Gasteiger partial charge in [0.2, 0.25) is 0 Å². The van der Waals surface area contributed by atoms with Crippen molar-refractivity contribution >= 4 is 5.97 Å². The summed E-state index contributed by atoms with van der Waals surface area (Å²) < 4.78 is 5.46. The van der Waals surface area contributed by atoms with E-state index in [9.17, 15) is 9.90 Å². The molecule has 0 amide bonds. The van der Waals surface area contributed by atoms with Gasteiger partial charge in [-0.2, -0.15) is 0 Å². The van der Waals surface area contributed by atoms with Crippen LogP contribution in [0.4, 0.5) is 0 Å². The largest absolute Gasteiger partial charge is 0.458 e. The number of hydrogen-bond donors (Lipinski definition) is 1. The Balaban J connectivity index is 2.03. The molecular formula is C14H18O3. The Kier molecular flexibility index (Phi) is 2.40. The fourth-order valence-corrected chi connectivity index (χ4v) is 3.73. The monoisotopic (exact) mass is 234 g/mol. The van der Waals surface area contributed by atoms with Crippen molar-refractivity contribution in [1.29, 1.82) is 0 Å². The molecular weight excluding hydrogens is 216 g/mol. The highest BCUT2D eigenvalue weighted by molar-refractivity contribution is 5.91. The van der Waals surface area contributed by atoms with Gasteiger partial charge in [-0.3, -0.25) is 0 Å². The van der Waals surface area contributed by atoms with Crippen LogP contribution < -0.4 is 0 Å². The minimum absolute atomic E-state index is 0.167. The molecule has 3 heteroatoms. The van der Waals surface area contributed by atoms with E-state index in [1.165, 1.54) is 17.6 Å². The van der Waals surface area contributed by atoms with E-state index >= 15 is 0 Å². The molecule has 1 heterocycles. The number of esters is 1. The zero-order valence-corrected chi connectivity index (χ0v) is 10.1. The lowest BCUT2D eigenvalue weighted by Gasteiger charge is -2.24. The summed E-state index contributed by atoms with van der Waals surface area (Å²) in [5.41, 5.74) is 3.17. The highest BCUT2D eigenvalue weighted by Crippen LogP contribution is 2.48. The Morgan fingerprint density at radius 1 is 1.47 bits per heavy atom. The molecule has 0 bridgehead atoms. The van der Waals surface area contributed by atoms with Gasteiger partial charge in [-0.15, -0.1) is 0 Å². The van der Waals surface area contributed by atoms with Crippen molar-refractivity contribution in [2.45, 2.75) is 44.8 Å². The summed E-state index contributed by atoms with van der Waals surface area (Å²) in [7, 11) is 0. The molecule has 3 rings (SSSR count). The summed E-state index contributed by atoms with van der Waals surface area (Å²) in [4.78, 5) is 11.6. The van der Waals surface area contributed by atoms with Crippen LogP contribution in [0, 0.1) is 11.8 Å². The molecule has 3 aliphatic rings. The zero-order chi connectivity index (χ0) is 12.2. The third-order valence-corrected chi connectivity index (χ3v) is 4.55. The lowest BCUT2D eigenvalue weighted by molar-refractivity contribution is -0.141. The van der Waals surface area contributed by atoms with E-state index in [0.29, 0.717) is 17.9 Å². The second kappa shape index (κ2) is 3.70. The van der Waals surface area contributed by atoms with Gasteiger partial charge in [-0.05, 0) is 32.6 Å². The first-order valence-electron chi connectivity index (χ1n) is 6.36. The Labute approximate surface area is 101 Å². The summed E-state index contributed by atoms with van der Waals surface area (Å²) in [6.07, 6.45) is 3.30. The predicted molar refractivity (Wildman–Crippen MR) is 63.2 cm³/mol. The maximum Gasteiger partial charge on any atom is 0.334 e. The predicted octanol–water partition coefficient (Wildman–Crippen LogP) is 1.97. The summed E-state index contributed by atoms with van der Waals surface area (Å²) in [6, 6.07) is 0. The average Bonchev–Trinajstić information content (AvgIpc) is 2.82. The number of rotatable bonds is 0. The quantitative estimate of drug-likeness (QED) is 0.396. The van der Waals surface area contributed by atoms with Crippen LogP contribution in [0.1, 0.15) is 32.6 Å². The standard InChI is InChI=1S/C14H18O3/c1-7-6-11(15)12-8(2)14(16)17-13(12)10-5-3-4-9(7)10/h10-13,15H,2-6H2,1H3/t10-,11-,12+,13+/m0/s1. The third kappa shape index (κ3) is 1.48. The third-order valence-electron chi connectivity index (χ3n) is 4.55. The molecule has 1 saturated carbocycles. The van der Waals surface area contributed by atoms with Crippen molar-refractivity contribution in [2.75, 3.05) is 0 Å². The second-order valence-corrected chi connectivity index (χ2v) is 5.50. The number of ether oxygens (including phenoxy) is 1. The van der Waals surface area contributed by atoms with Crippen LogP contribution in [0.25, 0.3) is 0 Å². The Morgan fingerprint density at radius 3 is 3.00 bits per heavy atom. The lowest BCUT2D eigenvalue weighted by Crippen LogP contribution is -2.32. The van der Waals surface area contributed by atoms with Crippen molar-refractivity contribution in [3.8, 4) is 0 Å². The van der Waals surface area contributed by atoms with Crippen LogP contribution in [0.15, 0.2) is 23.3 Å². The first kappa shape index (κ1) is 11.0. The number of carbonyl (C=O) groups excluding carboxylic acids is 1. The number of aliphatic hydroxyl groups excluding tert-OH is 1. The Hall–Kier alpha value is -1.09. The molecule has 1 saturated heterocycles. The van der Waals surface area contributed by atoms with Crippen LogP contribution in [0.3, 0.4) is 0 Å². The van der Waals surface area contributed by atoms with Crippen molar-refractivity contribution < 1.29 is 14.6 Å². The van der Waals surface area contributed by atoms with Gasteiger partial charge in [0.25, 0.3) is 0 Å². The van der Waals surface area contributed by atoms with Crippen LogP contribution in [0.2, 0.25) is 0 Å². The molecule has 0 radical (unpaired) electrons. The van der Waals surface area contributed by atoms with E-state index in [1.54, 1.807) is 0 Å². The number of aliphatic hydroxyl groups is 1. The number of carbonyl (C=O) groups is 1. The summed E-state index contributed by atoms with van der Waals surface area (Å²) >= 11 is 0. The van der Waals surface area contributed by atoms with Crippen LogP contribution in [-0.2, 0) is 9.53 Å². The van der Waals surface area contributed by atoms with Gasteiger partial charge in [-0.25, -0.2) is 4.79 Å². The molecule has 2 fully saturated rings. The van der Waals surface area contributed by atoms with E-state index in [0.717, 1.165) is 12.8 Å². The molecule has 17 heavy (non-hydrogen) atoms. The van der Waals surface area contributed by atoms with Gasteiger partial charge in [0.15, 0.2) is 0 Å². The van der Waals surface area contributed by atoms with Gasteiger partial charge in [-0.1, -0.05) is 17.7 Å². The Bertz CT molecular complexity index is 421. The van der Waals surface area contributed by atoms with E-state index < -0.39 is 6.10 Å². The van der Waals surface area contributed by atoms with E-state index in [1.807, 2.05) is 0 Å². The van der Waals surface area contributed by atoms with Crippen LogP contribution >= 0.6 is 0 Å². The van der Waals surface area contributed by atoms with Crippen molar-refractivity contribution in [2.24, 2.45) is 11.8 Å². The molecule has 0 unspecified atom stereocenters. The van der Waals surface area contributed by atoms with Crippen LogP contribution in [-0.4, -0.2) is 23.3 Å². The van der Waals surface area contributed by atoms with Gasteiger partial charge in [0.05, 0.1) is 12.0 Å². The molecule has 0 aromatic carbocycles. The SMILES string of the molecule is C=C1C(=O)O[C@H]2[C@H]1[C@@H](O)CC(C)=C1CCC[C@@H]12. The summed E-state index contributed by atoms with van der Waals surface area (Å²) in [5.74, 6) is -0.191. The van der Waals surface area contributed by atoms with Gasteiger partial charge < -0.3 is 9.84 Å².